The van der Waals surface area contributed by atoms with Gasteiger partial charge in [0.25, 0.3) is 0 Å². The van der Waals surface area contributed by atoms with E-state index in [1.165, 1.54) is 11.1 Å². The second-order valence-corrected chi connectivity index (χ2v) is 5.78. The maximum Gasteiger partial charge on any atom is 0.227 e. The van der Waals surface area contributed by atoms with Crippen LogP contribution in [0, 0.1) is 5.92 Å². The van der Waals surface area contributed by atoms with Gasteiger partial charge in [-0.05, 0) is 36.8 Å². The Hall–Kier alpha value is -1.35. The summed E-state index contributed by atoms with van der Waals surface area (Å²) in [4.78, 5) is 14.6. The third kappa shape index (κ3) is 3.04. The summed E-state index contributed by atoms with van der Waals surface area (Å²) in [6.45, 7) is 2.55. The summed E-state index contributed by atoms with van der Waals surface area (Å²) in [5, 5.41) is 0. The van der Waals surface area contributed by atoms with Crippen LogP contribution in [-0.2, 0) is 11.2 Å². The highest BCUT2D eigenvalue weighted by molar-refractivity contribution is 5.79. The number of nitrogens with two attached hydrogens (primary N) is 1. The van der Waals surface area contributed by atoms with E-state index in [9.17, 15) is 4.79 Å². The van der Waals surface area contributed by atoms with Crippen LogP contribution in [0.15, 0.2) is 24.3 Å². The molecule has 1 aromatic carbocycles. The second kappa shape index (κ2) is 6.89. The van der Waals surface area contributed by atoms with Gasteiger partial charge in [-0.25, -0.2) is 0 Å². The number of aryl methyl sites for hydroxylation is 1. The molecule has 110 valence electrons. The highest BCUT2D eigenvalue weighted by atomic mass is 16.2. The number of nitrogens with zero attached hydrogens (tertiary/aromatic N) is 1. The van der Waals surface area contributed by atoms with E-state index in [1.807, 2.05) is 11.9 Å². The van der Waals surface area contributed by atoms with Crippen LogP contribution in [0.25, 0.3) is 0 Å². The molecule has 0 fully saturated rings. The van der Waals surface area contributed by atoms with Crippen molar-refractivity contribution in [1.29, 1.82) is 0 Å². The Morgan fingerprint density at radius 3 is 2.90 bits per heavy atom. The molecule has 0 saturated carbocycles. The van der Waals surface area contributed by atoms with Crippen LogP contribution in [0.2, 0.25) is 0 Å². The molecule has 3 nitrogen and oxygen atoms in total. The summed E-state index contributed by atoms with van der Waals surface area (Å²) in [6.07, 6.45) is 5.23. The highest BCUT2D eigenvalue weighted by Gasteiger charge is 2.29. The van der Waals surface area contributed by atoms with Crippen molar-refractivity contribution in [3.8, 4) is 0 Å². The fraction of sp³-hybridized carbons (Fsp3) is 0.588. The van der Waals surface area contributed by atoms with E-state index < -0.39 is 0 Å². The van der Waals surface area contributed by atoms with E-state index >= 15 is 0 Å². The van der Waals surface area contributed by atoms with Gasteiger partial charge in [0.05, 0.1) is 12.0 Å². The molecular weight excluding hydrogens is 248 g/mol. The van der Waals surface area contributed by atoms with Gasteiger partial charge in [-0.15, -0.1) is 0 Å². The molecule has 0 radical (unpaired) electrons. The van der Waals surface area contributed by atoms with Crippen LogP contribution in [0.3, 0.4) is 0 Å². The van der Waals surface area contributed by atoms with Gasteiger partial charge >= 0.3 is 0 Å². The van der Waals surface area contributed by atoms with Crippen molar-refractivity contribution in [3.05, 3.63) is 35.4 Å². The van der Waals surface area contributed by atoms with Gasteiger partial charge in [0.2, 0.25) is 5.91 Å². The number of hydrogen-bond donors (Lipinski definition) is 1. The molecule has 2 rings (SSSR count). The Kier molecular flexibility index (Phi) is 5.18. The molecule has 0 saturated heterocycles. The molecule has 1 aliphatic carbocycles. The standard InChI is InChI=1S/C17H26N2O/c1-3-7-14(12-18)17(20)19(2)16-11-6-9-13-8-4-5-10-15(13)16/h4-5,8,10,14,16H,3,6-7,9,11-12,18H2,1-2H3. The lowest BCUT2D eigenvalue weighted by molar-refractivity contribution is -0.136. The summed E-state index contributed by atoms with van der Waals surface area (Å²) < 4.78 is 0. The van der Waals surface area contributed by atoms with Gasteiger partial charge in [-0.2, -0.15) is 0 Å². The normalized spacial score (nSPS) is 19.2. The van der Waals surface area contributed by atoms with Crippen molar-refractivity contribution in [2.45, 2.75) is 45.1 Å². The highest BCUT2D eigenvalue weighted by Crippen LogP contribution is 2.34. The maximum atomic E-state index is 12.6. The van der Waals surface area contributed by atoms with Gasteiger partial charge < -0.3 is 10.6 Å². The predicted molar refractivity (Wildman–Crippen MR) is 82.3 cm³/mol. The lowest BCUT2D eigenvalue weighted by Gasteiger charge is -2.35. The minimum absolute atomic E-state index is 0.0286. The van der Waals surface area contributed by atoms with Crippen molar-refractivity contribution >= 4 is 5.91 Å². The zero-order chi connectivity index (χ0) is 14.5. The number of amides is 1. The number of fused-ring (bicyclic) bond motifs is 1. The number of hydrogen-bond acceptors (Lipinski definition) is 2. The van der Waals surface area contributed by atoms with Crippen LogP contribution in [0.4, 0.5) is 0 Å². The largest absolute Gasteiger partial charge is 0.338 e. The van der Waals surface area contributed by atoms with Crippen molar-refractivity contribution in [2.75, 3.05) is 13.6 Å². The molecule has 0 aromatic heterocycles. The van der Waals surface area contributed by atoms with E-state index in [-0.39, 0.29) is 17.9 Å². The number of carbonyl (C=O) groups is 1. The average molecular weight is 274 g/mol. The summed E-state index contributed by atoms with van der Waals surface area (Å²) in [6, 6.07) is 8.73. The van der Waals surface area contributed by atoms with Gasteiger partial charge in [-0.1, -0.05) is 37.6 Å². The van der Waals surface area contributed by atoms with Gasteiger partial charge in [0, 0.05) is 13.6 Å². The zero-order valence-corrected chi connectivity index (χ0v) is 12.6. The minimum atomic E-state index is -0.0286. The topological polar surface area (TPSA) is 46.3 Å². The van der Waals surface area contributed by atoms with Crippen molar-refractivity contribution in [1.82, 2.24) is 4.90 Å². The van der Waals surface area contributed by atoms with Crippen LogP contribution in [0.5, 0.6) is 0 Å². The van der Waals surface area contributed by atoms with E-state index in [0.717, 1.165) is 32.1 Å². The van der Waals surface area contributed by atoms with Crippen LogP contribution < -0.4 is 5.73 Å². The van der Waals surface area contributed by atoms with Gasteiger partial charge in [-0.3, -0.25) is 4.79 Å². The molecule has 20 heavy (non-hydrogen) atoms. The minimum Gasteiger partial charge on any atom is -0.338 e. The average Bonchev–Trinajstić information content (AvgIpc) is 2.50. The summed E-state index contributed by atoms with van der Waals surface area (Å²) in [5.41, 5.74) is 8.49. The van der Waals surface area contributed by atoms with Crippen LogP contribution in [-0.4, -0.2) is 24.4 Å². The van der Waals surface area contributed by atoms with Crippen molar-refractivity contribution in [2.24, 2.45) is 11.7 Å². The molecule has 0 spiro atoms. The fourth-order valence-electron chi connectivity index (χ4n) is 3.26. The Bertz CT molecular complexity index is 458. The van der Waals surface area contributed by atoms with Crippen molar-refractivity contribution in [3.63, 3.8) is 0 Å². The molecule has 3 heteroatoms. The van der Waals surface area contributed by atoms with Crippen LogP contribution >= 0.6 is 0 Å². The number of benzene rings is 1. The fourth-order valence-corrected chi connectivity index (χ4v) is 3.26. The molecule has 0 heterocycles. The van der Waals surface area contributed by atoms with Crippen molar-refractivity contribution < 1.29 is 4.79 Å². The first-order chi connectivity index (χ1) is 9.69. The van der Waals surface area contributed by atoms with Gasteiger partial charge in [0.15, 0.2) is 0 Å². The van der Waals surface area contributed by atoms with Crippen LogP contribution in [0.1, 0.15) is 49.8 Å². The molecule has 1 amide bonds. The number of rotatable bonds is 5. The second-order valence-electron chi connectivity index (χ2n) is 5.78. The molecule has 2 N–H and O–H groups in total. The molecule has 0 aliphatic heterocycles. The molecular formula is C17H26N2O. The Balaban J connectivity index is 2.17. The zero-order valence-electron chi connectivity index (χ0n) is 12.6. The Morgan fingerprint density at radius 2 is 2.20 bits per heavy atom. The first-order valence-electron chi connectivity index (χ1n) is 7.73. The molecule has 1 aromatic rings. The number of carbonyl (C=O) groups excluding carboxylic acids is 1. The summed E-state index contributed by atoms with van der Waals surface area (Å²) in [7, 11) is 1.94. The lowest BCUT2D eigenvalue weighted by atomic mass is 9.86. The van der Waals surface area contributed by atoms with E-state index in [4.69, 9.17) is 5.73 Å². The third-order valence-electron chi connectivity index (χ3n) is 4.42. The lowest BCUT2D eigenvalue weighted by Crippen LogP contribution is -2.40. The molecule has 2 unspecified atom stereocenters. The molecule has 1 aliphatic rings. The SMILES string of the molecule is CCCC(CN)C(=O)N(C)C1CCCc2ccccc21. The predicted octanol–water partition coefficient (Wildman–Crippen LogP) is 2.90. The smallest absolute Gasteiger partial charge is 0.227 e. The first kappa shape index (κ1) is 15.0. The van der Waals surface area contributed by atoms with E-state index in [2.05, 4.69) is 31.2 Å². The van der Waals surface area contributed by atoms with Gasteiger partial charge in [0.1, 0.15) is 0 Å². The maximum absolute atomic E-state index is 12.6. The van der Waals surface area contributed by atoms with E-state index in [0.29, 0.717) is 6.54 Å². The Morgan fingerprint density at radius 1 is 1.45 bits per heavy atom. The third-order valence-corrected chi connectivity index (χ3v) is 4.42. The quantitative estimate of drug-likeness (QED) is 0.897. The molecule has 2 atom stereocenters. The monoisotopic (exact) mass is 274 g/mol. The summed E-state index contributed by atoms with van der Waals surface area (Å²) in [5.74, 6) is 0.176. The Labute approximate surface area is 122 Å². The molecule has 0 bridgehead atoms. The first-order valence-corrected chi connectivity index (χ1v) is 7.73. The van der Waals surface area contributed by atoms with E-state index in [1.54, 1.807) is 0 Å². The summed E-state index contributed by atoms with van der Waals surface area (Å²) >= 11 is 0.